The molecule has 7 heteroatoms. The normalized spacial score (nSPS) is 17.0. The maximum absolute atomic E-state index is 12.4. The van der Waals surface area contributed by atoms with Crippen molar-refractivity contribution in [2.24, 2.45) is 5.41 Å². The Hall–Kier alpha value is -1.91. The molecule has 130 valence electrons. The number of rotatable bonds is 10. The quantitative estimate of drug-likeness (QED) is 0.672. The molecule has 1 atom stereocenters. The highest BCUT2D eigenvalue weighted by atomic mass is 32.2. The van der Waals surface area contributed by atoms with Crippen molar-refractivity contribution in [3.05, 3.63) is 35.9 Å². The van der Waals surface area contributed by atoms with Crippen molar-refractivity contribution in [1.29, 1.82) is 5.26 Å². The molecule has 1 saturated carbocycles. The van der Waals surface area contributed by atoms with Crippen molar-refractivity contribution in [2.45, 2.75) is 44.6 Å². The predicted octanol–water partition coefficient (Wildman–Crippen LogP) is 2.08. The SMILES string of the molecule is N#CCC1(CS(=O)(=O)NC(CCC(=O)O)Cc2ccccc2)CC1. The molecule has 1 fully saturated rings. The largest absolute Gasteiger partial charge is 0.481 e. The van der Waals surface area contributed by atoms with Crippen LogP contribution < -0.4 is 4.72 Å². The number of aliphatic carboxylic acids is 1. The van der Waals surface area contributed by atoms with Crippen molar-refractivity contribution < 1.29 is 18.3 Å². The molecule has 1 aliphatic carbocycles. The molecule has 1 aromatic rings. The fourth-order valence-corrected chi connectivity index (χ4v) is 4.80. The average molecular weight is 350 g/mol. The summed E-state index contributed by atoms with van der Waals surface area (Å²) in [6.07, 6.45) is 2.32. The van der Waals surface area contributed by atoms with Crippen LogP contribution in [0.25, 0.3) is 0 Å². The number of benzene rings is 1. The number of nitriles is 1. The van der Waals surface area contributed by atoms with Gasteiger partial charge in [-0.1, -0.05) is 30.3 Å². The van der Waals surface area contributed by atoms with Gasteiger partial charge in [-0.2, -0.15) is 5.26 Å². The van der Waals surface area contributed by atoms with Gasteiger partial charge in [0.1, 0.15) is 0 Å². The van der Waals surface area contributed by atoms with Gasteiger partial charge in [-0.15, -0.1) is 0 Å². The van der Waals surface area contributed by atoms with Gasteiger partial charge >= 0.3 is 5.97 Å². The van der Waals surface area contributed by atoms with Gasteiger partial charge in [-0.05, 0) is 36.7 Å². The Labute approximate surface area is 142 Å². The third kappa shape index (κ3) is 5.95. The Morgan fingerprint density at radius 3 is 2.54 bits per heavy atom. The molecule has 0 bridgehead atoms. The first-order valence-electron chi connectivity index (χ1n) is 7.97. The van der Waals surface area contributed by atoms with E-state index in [0.29, 0.717) is 6.42 Å². The molecule has 0 aliphatic heterocycles. The topological polar surface area (TPSA) is 107 Å². The van der Waals surface area contributed by atoms with Crippen LogP contribution in [-0.2, 0) is 21.2 Å². The second-order valence-corrected chi connectivity index (χ2v) is 8.28. The van der Waals surface area contributed by atoms with E-state index in [4.69, 9.17) is 10.4 Å². The zero-order valence-electron chi connectivity index (χ0n) is 13.4. The van der Waals surface area contributed by atoms with E-state index in [1.165, 1.54) is 0 Å². The van der Waals surface area contributed by atoms with E-state index in [0.717, 1.165) is 18.4 Å². The van der Waals surface area contributed by atoms with Crippen molar-refractivity contribution in [3.63, 3.8) is 0 Å². The smallest absolute Gasteiger partial charge is 0.303 e. The summed E-state index contributed by atoms with van der Waals surface area (Å²) in [5.41, 5.74) is 0.541. The number of sulfonamides is 1. The van der Waals surface area contributed by atoms with Crippen LogP contribution in [0.1, 0.15) is 37.7 Å². The number of hydrogen-bond donors (Lipinski definition) is 2. The molecule has 0 saturated heterocycles. The van der Waals surface area contributed by atoms with Crippen LogP contribution in [0.3, 0.4) is 0 Å². The van der Waals surface area contributed by atoms with E-state index in [2.05, 4.69) is 10.8 Å². The zero-order chi connectivity index (χ0) is 17.6. The average Bonchev–Trinajstić information content (AvgIpc) is 3.24. The van der Waals surface area contributed by atoms with E-state index in [1.807, 2.05) is 30.3 Å². The van der Waals surface area contributed by atoms with Gasteiger partial charge < -0.3 is 5.11 Å². The summed E-state index contributed by atoms with van der Waals surface area (Å²) < 4.78 is 27.5. The number of nitrogens with zero attached hydrogens (tertiary/aromatic N) is 1. The van der Waals surface area contributed by atoms with E-state index < -0.39 is 27.4 Å². The maximum atomic E-state index is 12.4. The summed E-state index contributed by atoms with van der Waals surface area (Å²) >= 11 is 0. The molecule has 0 heterocycles. The zero-order valence-corrected chi connectivity index (χ0v) is 14.3. The summed E-state index contributed by atoms with van der Waals surface area (Å²) in [5, 5.41) is 17.7. The maximum Gasteiger partial charge on any atom is 0.303 e. The minimum absolute atomic E-state index is 0.0636. The van der Waals surface area contributed by atoms with Crippen LogP contribution in [0.4, 0.5) is 0 Å². The number of carbonyl (C=O) groups is 1. The van der Waals surface area contributed by atoms with Crippen molar-refractivity contribution in [3.8, 4) is 6.07 Å². The second-order valence-electron chi connectivity index (χ2n) is 6.53. The Morgan fingerprint density at radius 1 is 1.33 bits per heavy atom. The lowest BCUT2D eigenvalue weighted by Gasteiger charge is -2.20. The molecule has 0 amide bonds. The van der Waals surface area contributed by atoms with Gasteiger partial charge in [0.25, 0.3) is 0 Å². The highest BCUT2D eigenvalue weighted by molar-refractivity contribution is 7.89. The lowest BCUT2D eigenvalue weighted by molar-refractivity contribution is -0.137. The second kappa shape index (κ2) is 7.77. The van der Waals surface area contributed by atoms with E-state index >= 15 is 0 Å². The third-order valence-corrected chi connectivity index (χ3v) is 5.97. The van der Waals surface area contributed by atoms with E-state index in [-0.39, 0.29) is 25.0 Å². The molecule has 0 radical (unpaired) electrons. The van der Waals surface area contributed by atoms with Crippen molar-refractivity contribution >= 4 is 16.0 Å². The fourth-order valence-electron chi connectivity index (χ4n) is 2.81. The van der Waals surface area contributed by atoms with Crippen LogP contribution in [-0.4, -0.2) is 31.3 Å². The van der Waals surface area contributed by atoms with E-state index in [1.54, 1.807) is 0 Å². The monoisotopic (exact) mass is 350 g/mol. The first kappa shape index (κ1) is 18.4. The summed E-state index contributed by atoms with van der Waals surface area (Å²) in [4.78, 5) is 10.8. The third-order valence-electron chi connectivity index (χ3n) is 4.29. The van der Waals surface area contributed by atoms with E-state index in [9.17, 15) is 13.2 Å². The van der Waals surface area contributed by atoms with Crippen LogP contribution in [0, 0.1) is 16.7 Å². The summed E-state index contributed by atoms with van der Waals surface area (Å²) in [6, 6.07) is 11.0. The Bertz CT molecular complexity index is 706. The Morgan fingerprint density at radius 2 is 2.00 bits per heavy atom. The summed E-state index contributed by atoms with van der Waals surface area (Å²) in [5.74, 6) is -1.01. The number of carboxylic acid groups (broad SMARTS) is 1. The highest BCUT2D eigenvalue weighted by Crippen LogP contribution is 2.49. The molecule has 6 nitrogen and oxygen atoms in total. The lowest BCUT2D eigenvalue weighted by atomic mass is 10.0. The molecule has 0 spiro atoms. The molecule has 1 unspecified atom stereocenters. The summed E-state index contributed by atoms with van der Waals surface area (Å²) in [7, 11) is -3.56. The first-order chi connectivity index (χ1) is 11.3. The molecular weight excluding hydrogens is 328 g/mol. The molecule has 24 heavy (non-hydrogen) atoms. The van der Waals surface area contributed by atoms with Gasteiger partial charge in [0.2, 0.25) is 10.0 Å². The van der Waals surface area contributed by atoms with Crippen molar-refractivity contribution in [2.75, 3.05) is 5.75 Å². The molecule has 2 rings (SSSR count). The van der Waals surface area contributed by atoms with Gasteiger partial charge in [0.15, 0.2) is 0 Å². The van der Waals surface area contributed by atoms with Crippen molar-refractivity contribution in [1.82, 2.24) is 4.72 Å². The standard InChI is InChI=1S/C17H22N2O4S/c18-11-10-17(8-9-17)13-24(22,23)19-15(6-7-16(20)21)12-14-4-2-1-3-5-14/h1-5,15,19H,6-10,12-13H2,(H,20,21). The first-order valence-corrected chi connectivity index (χ1v) is 9.62. The molecule has 2 N–H and O–H groups in total. The van der Waals surface area contributed by atoms with Crippen LogP contribution in [0.2, 0.25) is 0 Å². The van der Waals surface area contributed by atoms with Gasteiger partial charge in [0.05, 0.1) is 11.8 Å². The van der Waals surface area contributed by atoms with Gasteiger partial charge in [-0.25, -0.2) is 13.1 Å². The van der Waals surface area contributed by atoms with Gasteiger partial charge in [-0.3, -0.25) is 4.79 Å². The minimum Gasteiger partial charge on any atom is -0.481 e. The number of nitrogens with one attached hydrogen (secondary N) is 1. The number of hydrogen-bond acceptors (Lipinski definition) is 4. The molecule has 0 aromatic heterocycles. The molecular formula is C17H22N2O4S. The highest BCUT2D eigenvalue weighted by Gasteiger charge is 2.46. The summed E-state index contributed by atoms with van der Waals surface area (Å²) in [6.45, 7) is 0. The van der Waals surface area contributed by atoms with Crippen LogP contribution >= 0.6 is 0 Å². The van der Waals surface area contributed by atoms with Gasteiger partial charge in [0, 0.05) is 18.9 Å². The van der Waals surface area contributed by atoms with Crippen LogP contribution in [0.5, 0.6) is 0 Å². The molecule has 1 aliphatic rings. The Balaban J connectivity index is 2.03. The minimum atomic E-state index is -3.56. The number of carboxylic acids is 1. The fraction of sp³-hybridized carbons (Fsp3) is 0.529. The lowest BCUT2D eigenvalue weighted by Crippen LogP contribution is -2.40. The predicted molar refractivity (Wildman–Crippen MR) is 89.6 cm³/mol. The van der Waals surface area contributed by atoms with Crippen LogP contribution in [0.15, 0.2) is 30.3 Å². The Kier molecular flexibility index (Phi) is 5.97. The molecule has 1 aromatic carbocycles.